The molecule has 116 valence electrons. The summed E-state index contributed by atoms with van der Waals surface area (Å²) in [5.41, 5.74) is 0.917. The number of rotatable bonds is 12. The van der Waals surface area contributed by atoms with Gasteiger partial charge in [-0.1, -0.05) is 32.1 Å². The zero-order valence-corrected chi connectivity index (χ0v) is 13.0. The van der Waals surface area contributed by atoms with Crippen LogP contribution in [0.1, 0.15) is 65.2 Å². The van der Waals surface area contributed by atoms with Crippen molar-refractivity contribution in [3.8, 4) is 12.3 Å². The highest BCUT2D eigenvalue weighted by atomic mass is 16.5. The molecular formula is C17H30O3. The van der Waals surface area contributed by atoms with E-state index in [0.29, 0.717) is 12.4 Å². The molecule has 0 rings (SSSR count). The summed E-state index contributed by atoms with van der Waals surface area (Å²) >= 11 is 0. The van der Waals surface area contributed by atoms with Gasteiger partial charge in [0.2, 0.25) is 0 Å². The Morgan fingerprint density at radius 2 is 1.60 bits per heavy atom. The van der Waals surface area contributed by atoms with E-state index in [0.717, 1.165) is 31.3 Å². The fourth-order valence-electron chi connectivity index (χ4n) is 2.05. The summed E-state index contributed by atoms with van der Waals surface area (Å²) in [5.74, 6) is 3.18. The highest BCUT2D eigenvalue weighted by molar-refractivity contribution is 5.07. The van der Waals surface area contributed by atoms with Gasteiger partial charge in [-0.15, -0.1) is 12.3 Å². The molecule has 0 amide bonds. The van der Waals surface area contributed by atoms with Gasteiger partial charge >= 0.3 is 0 Å². The van der Waals surface area contributed by atoms with Crippen LogP contribution in [0.25, 0.3) is 0 Å². The van der Waals surface area contributed by atoms with Crippen molar-refractivity contribution in [2.24, 2.45) is 0 Å². The smallest absolute Gasteiger partial charge is 0.134 e. The molecule has 0 fully saturated rings. The molecule has 0 heterocycles. The molecule has 0 aliphatic carbocycles. The van der Waals surface area contributed by atoms with E-state index in [2.05, 4.69) is 5.92 Å². The molecule has 0 aromatic heterocycles. The van der Waals surface area contributed by atoms with Crippen molar-refractivity contribution in [3.63, 3.8) is 0 Å². The number of ether oxygens (including phenoxy) is 1. The summed E-state index contributed by atoms with van der Waals surface area (Å²) in [6, 6.07) is 0. The molecule has 3 heteroatoms. The number of allylic oxidation sites excluding steroid dienone is 1. The second-order valence-corrected chi connectivity index (χ2v) is 5.34. The predicted molar refractivity (Wildman–Crippen MR) is 83.2 cm³/mol. The van der Waals surface area contributed by atoms with Crippen molar-refractivity contribution in [3.05, 3.63) is 11.3 Å². The normalized spacial score (nSPS) is 11.8. The van der Waals surface area contributed by atoms with Crippen LogP contribution in [0.3, 0.4) is 0 Å². The van der Waals surface area contributed by atoms with Crippen LogP contribution in [0.2, 0.25) is 0 Å². The fraction of sp³-hybridized carbons (Fsp3) is 0.765. The van der Waals surface area contributed by atoms with Crippen molar-refractivity contribution in [2.75, 3.05) is 13.2 Å². The zero-order valence-electron chi connectivity index (χ0n) is 13.0. The first-order valence-electron chi connectivity index (χ1n) is 7.66. The van der Waals surface area contributed by atoms with Crippen molar-refractivity contribution >= 4 is 0 Å². The van der Waals surface area contributed by atoms with E-state index in [4.69, 9.17) is 16.3 Å². The van der Waals surface area contributed by atoms with Crippen LogP contribution in [0.5, 0.6) is 0 Å². The topological polar surface area (TPSA) is 49.7 Å². The summed E-state index contributed by atoms with van der Waals surface area (Å²) in [5, 5.41) is 18.5. The van der Waals surface area contributed by atoms with Crippen LogP contribution in [0, 0.1) is 12.3 Å². The Kier molecular flexibility index (Phi) is 12.4. The van der Waals surface area contributed by atoms with Gasteiger partial charge in [-0.05, 0) is 32.3 Å². The Hall–Kier alpha value is -0.980. The van der Waals surface area contributed by atoms with Crippen molar-refractivity contribution in [2.45, 2.75) is 71.3 Å². The maximum absolute atomic E-state index is 9.58. The summed E-state index contributed by atoms with van der Waals surface area (Å²) in [4.78, 5) is 0. The highest BCUT2D eigenvalue weighted by Gasteiger charge is 2.12. The zero-order chi connectivity index (χ0) is 15.2. The molecular weight excluding hydrogens is 252 g/mol. The van der Waals surface area contributed by atoms with Gasteiger partial charge in [-0.3, -0.25) is 0 Å². The first-order valence-corrected chi connectivity index (χ1v) is 7.66. The van der Waals surface area contributed by atoms with Crippen LogP contribution in [-0.2, 0) is 4.74 Å². The molecule has 0 radical (unpaired) electrons. The lowest BCUT2D eigenvalue weighted by Gasteiger charge is -2.16. The minimum absolute atomic E-state index is 0.293. The molecule has 2 N–H and O–H groups in total. The van der Waals surface area contributed by atoms with E-state index in [1.54, 1.807) is 0 Å². The third kappa shape index (κ3) is 9.89. The largest absolute Gasteiger partial charge is 0.495 e. The molecule has 0 spiro atoms. The summed E-state index contributed by atoms with van der Waals surface area (Å²) < 4.78 is 5.56. The molecule has 0 saturated carbocycles. The van der Waals surface area contributed by atoms with Gasteiger partial charge in [-0.2, -0.15) is 0 Å². The third-order valence-corrected chi connectivity index (χ3v) is 3.19. The molecule has 0 aliphatic rings. The van der Waals surface area contributed by atoms with Gasteiger partial charge in [0.25, 0.3) is 0 Å². The number of aliphatic hydroxyl groups is 2. The van der Waals surface area contributed by atoms with E-state index < -0.39 is 6.10 Å². The van der Waals surface area contributed by atoms with E-state index in [1.807, 2.05) is 13.8 Å². The van der Waals surface area contributed by atoms with Gasteiger partial charge in [-0.25, -0.2) is 0 Å². The quantitative estimate of drug-likeness (QED) is 0.328. The van der Waals surface area contributed by atoms with Crippen LogP contribution in [0.15, 0.2) is 11.3 Å². The molecule has 0 aromatic carbocycles. The monoisotopic (exact) mass is 282 g/mol. The van der Waals surface area contributed by atoms with Gasteiger partial charge in [0.15, 0.2) is 0 Å². The Labute approximate surface area is 124 Å². The van der Waals surface area contributed by atoms with E-state index in [-0.39, 0.29) is 6.61 Å². The van der Waals surface area contributed by atoms with Gasteiger partial charge in [0.1, 0.15) is 11.9 Å². The molecule has 0 saturated heterocycles. The lowest BCUT2D eigenvalue weighted by molar-refractivity contribution is 0.0558. The van der Waals surface area contributed by atoms with Gasteiger partial charge < -0.3 is 14.9 Å². The minimum Gasteiger partial charge on any atom is -0.495 e. The standard InChI is InChI=1S/C17H30O3/c1-4-5-6-7-8-9-10-11-12-13-20-17(15(2)3)16(19)14-18/h1,16,18-19H,5-14H2,2-3H3. The molecule has 0 bridgehead atoms. The molecule has 20 heavy (non-hydrogen) atoms. The van der Waals surface area contributed by atoms with E-state index in [9.17, 15) is 5.11 Å². The predicted octanol–water partition coefficient (Wildman–Crippen LogP) is 3.40. The van der Waals surface area contributed by atoms with Gasteiger partial charge in [0.05, 0.1) is 13.2 Å². The lowest BCUT2D eigenvalue weighted by Crippen LogP contribution is -2.19. The van der Waals surface area contributed by atoms with Crippen molar-refractivity contribution < 1.29 is 14.9 Å². The van der Waals surface area contributed by atoms with Crippen LogP contribution < -0.4 is 0 Å². The SMILES string of the molecule is C#CCCCCCCCCCOC(=C(C)C)C(O)CO. The Bertz CT molecular complexity index is 298. The third-order valence-electron chi connectivity index (χ3n) is 3.19. The molecule has 3 nitrogen and oxygen atoms in total. The summed E-state index contributed by atoms with van der Waals surface area (Å²) in [7, 11) is 0. The first kappa shape index (κ1) is 19.0. The number of terminal acetylenes is 1. The van der Waals surface area contributed by atoms with Crippen LogP contribution in [0.4, 0.5) is 0 Å². The van der Waals surface area contributed by atoms with Gasteiger partial charge in [0, 0.05) is 6.42 Å². The fourth-order valence-corrected chi connectivity index (χ4v) is 2.05. The average molecular weight is 282 g/mol. The molecule has 0 aliphatic heterocycles. The Balaban J connectivity index is 3.52. The number of unbranched alkanes of at least 4 members (excludes halogenated alkanes) is 7. The lowest BCUT2D eigenvalue weighted by atomic mass is 10.1. The maximum Gasteiger partial charge on any atom is 0.134 e. The number of hydrogen-bond acceptors (Lipinski definition) is 3. The highest BCUT2D eigenvalue weighted by Crippen LogP contribution is 2.13. The Morgan fingerprint density at radius 1 is 1.05 bits per heavy atom. The number of hydrogen-bond donors (Lipinski definition) is 2. The van der Waals surface area contributed by atoms with Crippen molar-refractivity contribution in [1.29, 1.82) is 0 Å². The summed E-state index contributed by atoms with van der Waals surface area (Å²) in [6.45, 7) is 4.07. The molecule has 1 unspecified atom stereocenters. The van der Waals surface area contributed by atoms with E-state index >= 15 is 0 Å². The molecule has 0 aromatic rings. The second kappa shape index (κ2) is 13.0. The number of aliphatic hydroxyl groups excluding tert-OH is 2. The minimum atomic E-state index is -0.892. The van der Waals surface area contributed by atoms with Crippen LogP contribution >= 0.6 is 0 Å². The average Bonchev–Trinajstić information content (AvgIpc) is 2.43. The van der Waals surface area contributed by atoms with E-state index in [1.165, 1.54) is 25.7 Å². The second-order valence-electron chi connectivity index (χ2n) is 5.34. The molecule has 1 atom stereocenters. The van der Waals surface area contributed by atoms with Crippen molar-refractivity contribution in [1.82, 2.24) is 0 Å². The maximum atomic E-state index is 9.58. The van der Waals surface area contributed by atoms with Crippen LogP contribution in [-0.4, -0.2) is 29.5 Å². The Morgan fingerprint density at radius 3 is 2.10 bits per heavy atom. The summed E-state index contributed by atoms with van der Waals surface area (Å²) in [6.07, 6.45) is 13.4. The first-order chi connectivity index (χ1) is 9.63.